The van der Waals surface area contributed by atoms with Gasteiger partial charge in [0.2, 0.25) is 6.29 Å². The monoisotopic (exact) mass is 467 g/mol. The van der Waals surface area contributed by atoms with Crippen LogP contribution in [0.1, 0.15) is 41.8 Å². The van der Waals surface area contributed by atoms with Crippen molar-refractivity contribution in [2.75, 3.05) is 13.6 Å². The van der Waals surface area contributed by atoms with Gasteiger partial charge in [-0.05, 0) is 67.9 Å². The third kappa shape index (κ3) is 3.01. The number of rotatable bonds is 5. The highest BCUT2D eigenvalue weighted by Gasteiger charge is 2.76. The van der Waals surface area contributed by atoms with Crippen molar-refractivity contribution >= 4 is 0 Å². The van der Waals surface area contributed by atoms with E-state index in [0.29, 0.717) is 17.4 Å². The van der Waals surface area contributed by atoms with Crippen LogP contribution >= 0.6 is 0 Å². The lowest BCUT2D eigenvalue weighted by molar-refractivity contribution is -0.645. The van der Waals surface area contributed by atoms with Crippen molar-refractivity contribution in [2.45, 2.75) is 74.2 Å². The Bertz CT molecular complexity index is 960. The molecule has 2 saturated heterocycles. The van der Waals surface area contributed by atoms with Gasteiger partial charge >= 0.3 is 0 Å². The molecular formula is C24H32O9. The zero-order chi connectivity index (χ0) is 25.5. The number of aliphatic hydroxyl groups is 4. The van der Waals surface area contributed by atoms with Crippen LogP contribution in [0.5, 0.6) is 5.75 Å². The van der Waals surface area contributed by atoms with Crippen molar-refractivity contribution in [3.63, 3.8) is 0 Å². The summed E-state index contributed by atoms with van der Waals surface area (Å²) in [7, 11) is -2.76. The molecule has 4 bridgehead atoms. The second-order valence-corrected chi connectivity index (χ2v) is 10.3. The molecular weight excluding hydrogens is 432 g/mol. The highest BCUT2D eigenvalue weighted by atomic mass is 17.3. The lowest BCUT2D eigenvalue weighted by Gasteiger charge is -2.68. The van der Waals surface area contributed by atoms with Gasteiger partial charge < -0.3 is 34.6 Å². The van der Waals surface area contributed by atoms with E-state index < -0.39 is 55.7 Å². The summed E-state index contributed by atoms with van der Waals surface area (Å²) < 4.78 is 40.8. The van der Waals surface area contributed by atoms with Gasteiger partial charge in [0, 0.05) is 12.6 Å². The summed E-state index contributed by atoms with van der Waals surface area (Å²) in [4.78, 5) is 11.6. The van der Waals surface area contributed by atoms with E-state index in [9.17, 15) is 20.4 Å². The molecule has 1 spiro atoms. The zero-order valence-corrected chi connectivity index (χ0v) is 18.1. The fourth-order valence-corrected chi connectivity index (χ4v) is 7.27. The number of benzene rings is 1. The molecule has 2 heterocycles. The number of methoxy groups -OCH3 is 1. The first-order valence-electron chi connectivity index (χ1n) is 13.2. The minimum Gasteiger partial charge on any atom is -0.462 e. The SMILES string of the molecule is [2H]C([2H])([2H])OC1(c2cccc(O[C@@H]3OC(CO)C(O)[C@@H](O)C3O)c2)OOC12C1CC3CC(C1)CC2C3. The van der Waals surface area contributed by atoms with Gasteiger partial charge in [-0.1, -0.05) is 12.1 Å². The minimum absolute atomic E-state index is 0.0971. The molecule has 4 aliphatic carbocycles. The Morgan fingerprint density at radius 1 is 1.00 bits per heavy atom. The van der Waals surface area contributed by atoms with Crippen molar-refractivity contribution in [1.82, 2.24) is 0 Å². The van der Waals surface area contributed by atoms with Gasteiger partial charge in [-0.15, -0.1) is 0 Å². The van der Waals surface area contributed by atoms with Crippen LogP contribution in [-0.2, 0) is 25.0 Å². The number of hydrogen-bond acceptors (Lipinski definition) is 9. The second kappa shape index (κ2) is 7.86. The Labute approximate surface area is 196 Å². The molecule has 4 unspecified atom stereocenters. The first kappa shape index (κ1) is 19.0. The summed E-state index contributed by atoms with van der Waals surface area (Å²) >= 11 is 0. The van der Waals surface area contributed by atoms with E-state index in [1.165, 1.54) is 6.42 Å². The normalized spacial score (nSPS) is 52.1. The van der Waals surface area contributed by atoms with Gasteiger partial charge in [0.15, 0.2) is 5.60 Å². The molecule has 6 aliphatic rings. The van der Waals surface area contributed by atoms with Crippen molar-refractivity contribution in [2.24, 2.45) is 23.7 Å². The highest BCUT2D eigenvalue weighted by Crippen LogP contribution is 2.69. The first-order valence-corrected chi connectivity index (χ1v) is 11.7. The average Bonchev–Trinajstić information content (AvgIpc) is 2.81. The van der Waals surface area contributed by atoms with Crippen LogP contribution in [0.2, 0.25) is 0 Å². The third-order valence-electron chi connectivity index (χ3n) is 8.62. The summed E-state index contributed by atoms with van der Waals surface area (Å²) in [5.74, 6) is -0.0721. The van der Waals surface area contributed by atoms with E-state index in [-0.39, 0.29) is 17.6 Å². The van der Waals surface area contributed by atoms with E-state index in [2.05, 4.69) is 0 Å². The summed E-state index contributed by atoms with van der Waals surface area (Å²) in [5.41, 5.74) is -0.532. The van der Waals surface area contributed by atoms with Crippen LogP contribution in [0.25, 0.3) is 0 Å². The second-order valence-electron chi connectivity index (χ2n) is 10.3. The molecule has 33 heavy (non-hydrogen) atoms. The lowest BCUT2D eigenvalue weighted by atomic mass is 9.47. The predicted octanol–water partition coefficient (Wildman–Crippen LogP) is 0.821. The van der Waals surface area contributed by atoms with Gasteiger partial charge in [-0.25, -0.2) is 4.89 Å². The van der Waals surface area contributed by atoms with Crippen LogP contribution in [0, 0.1) is 23.7 Å². The van der Waals surface area contributed by atoms with Crippen LogP contribution in [0.3, 0.4) is 0 Å². The molecule has 9 heteroatoms. The molecule has 4 N–H and O–H groups in total. The first-order chi connectivity index (χ1) is 17.1. The maximum Gasteiger partial charge on any atom is 0.260 e. The maximum atomic E-state index is 10.4. The van der Waals surface area contributed by atoms with Crippen LogP contribution in [-0.4, -0.2) is 70.4 Å². The fraction of sp³-hybridized carbons (Fsp3) is 0.750. The Morgan fingerprint density at radius 2 is 1.73 bits per heavy atom. The molecule has 0 radical (unpaired) electrons. The Morgan fingerprint density at radius 3 is 2.33 bits per heavy atom. The number of ether oxygens (including phenoxy) is 3. The van der Waals surface area contributed by atoms with Gasteiger partial charge in [0.1, 0.15) is 30.2 Å². The molecule has 1 aromatic rings. The fourth-order valence-electron chi connectivity index (χ4n) is 7.27. The Balaban J connectivity index is 1.34. The summed E-state index contributed by atoms with van der Waals surface area (Å²) in [6.45, 7) is -0.584. The molecule has 182 valence electrons. The summed E-state index contributed by atoms with van der Waals surface area (Å²) in [6.07, 6.45) is -2.25. The predicted molar refractivity (Wildman–Crippen MR) is 111 cm³/mol. The van der Waals surface area contributed by atoms with E-state index in [0.717, 1.165) is 25.7 Å². The Kier molecular flexibility index (Phi) is 4.51. The topological polar surface area (TPSA) is 127 Å². The third-order valence-corrected chi connectivity index (χ3v) is 8.62. The van der Waals surface area contributed by atoms with E-state index in [4.69, 9.17) is 28.1 Å². The van der Waals surface area contributed by atoms with Gasteiger partial charge in [-0.2, -0.15) is 4.89 Å². The molecule has 0 aromatic heterocycles. The van der Waals surface area contributed by atoms with E-state index in [1.54, 1.807) is 24.3 Å². The van der Waals surface area contributed by atoms with Crippen LogP contribution in [0.4, 0.5) is 0 Å². The number of hydrogen-bond donors (Lipinski definition) is 4. The molecule has 6 fully saturated rings. The average molecular weight is 468 g/mol. The van der Waals surface area contributed by atoms with Crippen molar-refractivity contribution < 1.29 is 48.5 Å². The molecule has 9 nitrogen and oxygen atoms in total. The molecule has 2 aliphatic heterocycles. The molecule has 4 saturated carbocycles. The molecule has 6 atom stereocenters. The quantitative estimate of drug-likeness (QED) is 0.466. The van der Waals surface area contributed by atoms with Crippen molar-refractivity contribution in [3.8, 4) is 5.75 Å². The molecule has 7 rings (SSSR count). The van der Waals surface area contributed by atoms with Gasteiger partial charge in [-0.3, -0.25) is 0 Å². The number of aliphatic hydroxyl groups excluding tert-OH is 4. The zero-order valence-electron chi connectivity index (χ0n) is 21.1. The van der Waals surface area contributed by atoms with Gasteiger partial charge in [0.05, 0.1) is 10.7 Å². The van der Waals surface area contributed by atoms with Crippen molar-refractivity contribution in [3.05, 3.63) is 29.8 Å². The van der Waals surface area contributed by atoms with E-state index >= 15 is 0 Å². The smallest absolute Gasteiger partial charge is 0.260 e. The van der Waals surface area contributed by atoms with Crippen molar-refractivity contribution in [1.29, 1.82) is 0 Å². The highest BCUT2D eigenvalue weighted by molar-refractivity contribution is 5.36. The largest absolute Gasteiger partial charge is 0.462 e. The maximum absolute atomic E-state index is 10.4. The molecule has 1 aromatic carbocycles. The van der Waals surface area contributed by atoms with Gasteiger partial charge in [0.25, 0.3) is 5.79 Å². The standard InChI is InChI=1S/C24H32O9/c1-29-24(23(32-33-24)15-6-12-5-13(8-15)9-16(23)7-12)14-3-2-4-17(10-14)30-22-21(28)20(27)19(26)18(11-25)31-22/h2-4,10,12-13,15-16,18-22,25-28H,5-9,11H2,1H3/t12?,13?,15?,16?,18?,19?,20-,21?,22-,23?,24?/m1/s1/i1D3. The molecule has 0 amide bonds. The lowest BCUT2D eigenvalue weighted by Crippen LogP contribution is -2.76. The van der Waals surface area contributed by atoms with E-state index in [1.807, 2.05) is 0 Å². The summed E-state index contributed by atoms with van der Waals surface area (Å²) in [5, 5.41) is 40.0. The van der Waals surface area contributed by atoms with Crippen LogP contribution in [0.15, 0.2) is 24.3 Å². The Hall–Kier alpha value is -1.30. The summed E-state index contributed by atoms with van der Waals surface area (Å²) in [6, 6.07) is 6.48. The van der Waals surface area contributed by atoms with Crippen LogP contribution < -0.4 is 4.74 Å². The minimum atomic E-state index is -2.76.